The van der Waals surface area contributed by atoms with E-state index in [1.54, 1.807) is 31.2 Å². The highest BCUT2D eigenvalue weighted by molar-refractivity contribution is 7.16. The van der Waals surface area contributed by atoms with Gasteiger partial charge in [-0.15, -0.1) is 11.3 Å². The number of nitrogens with zero attached hydrogens (tertiary/aromatic N) is 1. The van der Waals surface area contributed by atoms with Crippen LogP contribution in [-0.4, -0.2) is 28.3 Å². The summed E-state index contributed by atoms with van der Waals surface area (Å²) in [5.74, 6) is -0.464. The highest BCUT2D eigenvalue weighted by Gasteiger charge is 2.16. The molecule has 2 heterocycles. The van der Waals surface area contributed by atoms with Crippen LogP contribution in [0.2, 0.25) is 0 Å². The van der Waals surface area contributed by atoms with Crippen molar-refractivity contribution in [2.24, 2.45) is 0 Å². The second-order valence-electron chi connectivity index (χ2n) is 7.67. The molecule has 0 aliphatic heterocycles. The second-order valence-corrected chi connectivity index (χ2v) is 8.53. The summed E-state index contributed by atoms with van der Waals surface area (Å²) in [6.45, 7) is 2.64. The third kappa shape index (κ3) is 5.65. The smallest absolute Gasteiger partial charge is 0.338 e. The number of H-pyrrole nitrogens is 1. The number of aromatic nitrogens is 2. The summed E-state index contributed by atoms with van der Waals surface area (Å²) in [6.07, 6.45) is 0.862. The SMILES string of the molecule is CCOC(=O)c1ccc(COCc2csc3nc(C(=O)CCc4ccccc4)[nH]c(=O)c23)cc1. The fraction of sp³-hybridized carbons (Fsp3) is 0.231. The van der Waals surface area contributed by atoms with Crippen molar-refractivity contribution in [1.82, 2.24) is 9.97 Å². The van der Waals surface area contributed by atoms with E-state index in [4.69, 9.17) is 9.47 Å². The monoisotopic (exact) mass is 476 g/mol. The van der Waals surface area contributed by atoms with Gasteiger partial charge in [-0.25, -0.2) is 9.78 Å². The maximum absolute atomic E-state index is 12.7. The first-order valence-electron chi connectivity index (χ1n) is 11.0. The summed E-state index contributed by atoms with van der Waals surface area (Å²) in [5, 5.41) is 2.27. The first-order valence-corrected chi connectivity index (χ1v) is 11.8. The molecule has 0 saturated heterocycles. The van der Waals surface area contributed by atoms with Gasteiger partial charge < -0.3 is 14.5 Å². The molecule has 1 N–H and O–H groups in total. The largest absolute Gasteiger partial charge is 0.462 e. The van der Waals surface area contributed by atoms with Crippen LogP contribution in [0.3, 0.4) is 0 Å². The molecule has 0 aliphatic carbocycles. The molecule has 0 bridgehead atoms. The Hall–Kier alpha value is -3.62. The molecule has 4 rings (SSSR count). The zero-order valence-electron chi connectivity index (χ0n) is 18.7. The lowest BCUT2D eigenvalue weighted by Gasteiger charge is -2.06. The van der Waals surface area contributed by atoms with Crippen LogP contribution in [0.25, 0.3) is 10.2 Å². The van der Waals surface area contributed by atoms with Crippen LogP contribution in [0.15, 0.2) is 64.8 Å². The van der Waals surface area contributed by atoms with E-state index < -0.39 is 0 Å². The van der Waals surface area contributed by atoms with Gasteiger partial charge in [0.05, 0.1) is 30.8 Å². The van der Waals surface area contributed by atoms with Gasteiger partial charge in [0.25, 0.3) is 5.56 Å². The first kappa shape index (κ1) is 23.5. The number of thiophene rings is 1. The predicted molar refractivity (Wildman–Crippen MR) is 130 cm³/mol. The van der Waals surface area contributed by atoms with Gasteiger partial charge in [-0.2, -0.15) is 0 Å². The average Bonchev–Trinajstić information content (AvgIpc) is 3.27. The molecular weight excluding hydrogens is 452 g/mol. The molecule has 0 spiro atoms. The summed E-state index contributed by atoms with van der Waals surface area (Å²) in [6, 6.07) is 16.7. The molecule has 34 heavy (non-hydrogen) atoms. The van der Waals surface area contributed by atoms with E-state index >= 15 is 0 Å². The Kier molecular flexibility index (Phi) is 7.61. The van der Waals surface area contributed by atoms with Crippen LogP contribution in [0.5, 0.6) is 0 Å². The van der Waals surface area contributed by atoms with Gasteiger partial charge in [-0.3, -0.25) is 9.59 Å². The number of benzene rings is 2. The summed E-state index contributed by atoms with van der Waals surface area (Å²) in [5.41, 5.74) is 2.82. The van der Waals surface area contributed by atoms with Gasteiger partial charge in [0.1, 0.15) is 4.83 Å². The van der Waals surface area contributed by atoms with Crippen molar-refractivity contribution in [2.45, 2.75) is 33.0 Å². The maximum Gasteiger partial charge on any atom is 0.338 e. The molecule has 7 nitrogen and oxygen atoms in total. The summed E-state index contributed by atoms with van der Waals surface area (Å²) < 4.78 is 10.8. The van der Waals surface area contributed by atoms with Crippen molar-refractivity contribution in [3.63, 3.8) is 0 Å². The molecule has 0 fully saturated rings. The highest BCUT2D eigenvalue weighted by atomic mass is 32.1. The normalized spacial score (nSPS) is 11.0. The minimum Gasteiger partial charge on any atom is -0.462 e. The number of aromatic amines is 1. The lowest BCUT2D eigenvalue weighted by Crippen LogP contribution is -2.16. The number of rotatable bonds is 10. The number of carbonyl (C=O) groups excluding carboxylic acids is 2. The third-order valence-corrected chi connectivity index (χ3v) is 6.18. The average molecular weight is 477 g/mol. The van der Waals surface area contributed by atoms with Gasteiger partial charge >= 0.3 is 5.97 Å². The fourth-order valence-electron chi connectivity index (χ4n) is 3.50. The number of hydrogen-bond donors (Lipinski definition) is 1. The standard InChI is InChI=1S/C26H24N2O5S/c1-2-33-26(31)19-11-8-18(9-12-19)14-32-15-20-16-34-25-22(20)24(30)27-23(28-25)21(29)13-10-17-6-4-3-5-7-17/h3-9,11-12,16H,2,10,13-15H2,1H3,(H,27,28,30). The topological polar surface area (TPSA) is 98.3 Å². The Morgan fingerprint density at radius 2 is 1.76 bits per heavy atom. The Balaban J connectivity index is 1.38. The van der Waals surface area contributed by atoms with Crippen molar-refractivity contribution in [1.29, 1.82) is 0 Å². The van der Waals surface area contributed by atoms with Crippen LogP contribution in [0.4, 0.5) is 0 Å². The molecule has 0 aliphatic rings. The van der Waals surface area contributed by atoms with Crippen LogP contribution >= 0.6 is 11.3 Å². The van der Waals surface area contributed by atoms with Gasteiger partial charge in [0, 0.05) is 12.0 Å². The molecule has 4 aromatic rings. The number of nitrogens with one attached hydrogen (secondary N) is 1. The van der Waals surface area contributed by atoms with Crippen LogP contribution in [0.1, 0.15) is 51.0 Å². The number of ether oxygens (including phenoxy) is 2. The van der Waals surface area contributed by atoms with E-state index in [0.717, 1.165) is 16.7 Å². The van der Waals surface area contributed by atoms with Crippen molar-refractivity contribution in [3.05, 3.63) is 98.4 Å². The van der Waals surface area contributed by atoms with E-state index in [1.165, 1.54) is 11.3 Å². The van der Waals surface area contributed by atoms with Gasteiger partial charge in [-0.05, 0) is 42.0 Å². The quantitative estimate of drug-likeness (QED) is 0.263. The van der Waals surface area contributed by atoms with Gasteiger partial charge in [0.15, 0.2) is 11.6 Å². The number of ketones is 1. The minimum atomic E-state index is -0.357. The Morgan fingerprint density at radius 3 is 2.50 bits per heavy atom. The number of Topliss-reactive ketones (excluding diaryl/α,β-unsaturated/α-hetero) is 1. The third-order valence-electron chi connectivity index (χ3n) is 5.26. The second kappa shape index (κ2) is 11.0. The summed E-state index contributed by atoms with van der Waals surface area (Å²) >= 11 is 1.32. The van der Waals surface area contributed by atoms with Crippen LogP contribution < -0.4 is 5.56 Å². The molecule has 0 amide bonds. The van der Waals surface area contributed by atoms with Crippen molar-refractivity contribution >= 4 is 33.3 Å². The molecule has 174 valence electrons. The number of aryl methyl sites for hydroxylation is 1. The highest BCUT2D eigenvalue weighted by Crippen LogP contribution is 2.22. The van der Waals surface area contributed by atoms with Gasteiger partial charge in [-0.1, -0.05) is 42.5 Å². The van der Waals surface area contributed by atoms with E-state index in [9.17, 15) is 14.4 Å². The molecule has 0 saturated carbocycles. The maximum atomic E-state index is 12.7. The van der Waals surface area contributed by atoms with Crippen molar-refractivity contribution < 1.29 is 19.1 Å². The van der Waals surface area contributed by atoms with E-state index in [0.29, 0.717) is 35.4 Å². The lowest BCUT2D eigenvalue weighted by molar-refractivity contribution is 0.0526. The Labute approximate surface area is 200 Å². The zero-order valence-corrected chi connectivity index (χ0v) is 19.5. The Morgan fingerprint density at radius 1 is 1.00 bits per heavy atom. The van der Waals surface area contributed by atoms with E-state index in [-0.39, 0.29) is 36.2 Å². The number of carbonyl (C=O) groups is 2. The molecule has 2 aromatic heterocycles. The molecule has 0 atom stereocenters. The molecule has 0 radical (unpaired) electrons. The molecule has 8 heteroatoms. The van der Waals surface area contributed by atoms with Crippen molar-refractivity contribution in [2.75, 3.05) is 6.61 Å². The van der Waals surface area contributed by atoms with E-state index in [2.05, 4.69) is 9.97 Å². The first-order chi connectivity index (χ1) is 16.5. The minimum absolute atomic E-state index is 0.0874. The molecular formula is C26H24N2O5S. The van der Waals surface area contributed by atoms with Crippen LogP contribution in [-0.2, 0) is 29.1 Å². The predicted octanol–water partition coefficient (Wildman–Crippen LogP) is 4.69. The number of fused-ring (bicyclic) bond motifs is 1. The zero-order chi connectivity index (χ0) is 23.9. The molecule has 2 aromatic carbocycles. The summed E-state index contributed by atoms with van der Waals surface area (Å²) in [4.78, 5) is 44.6. The summed E-state index contributed by atoms with van der Waals surface area (Å²) in [7, 11) is 0. The van der Waals surface area contributed by atoms with Crippen molar-refractivity contribution in [3.8, 4) is 0 Å². The molecule has 0 unspecified atom stereocenters. The number of esters is 1. The Bertz CT molecular complexity index is 1340. The van der Waals surface area contributed by atoms with E-state index in [1.807, 2.05) is 35.7 Å². The van der Waals surface area contributed by atoms with Gasteiger partial charge in [0.2, 0.25) is 0 Å². The lowest BCUT2D eigenvalue weighted by atomic mass is 10.1. The fourth-order valence-corrected chi connectivity index (χ4v) is 4.42. The number of hydrogen-bond acceptors (Lipinski definition) is 7. The van der Waals surface area contributed by atoms with Crippen LogP contribution in [0, 0.1) is 0 Å².